The van der Waals surface area contributed by atoms with Gasteiger partial charge >= 0.3 is 39.5 Å². The zero-order valence-corrected chi connectivity index (χ0v) is 70.7. The summed E-state index contributed by atoms with van der Waals surface area (Å²) in [6.07, 6.45) is 72.5. The van der Waals surface area contributed by atoms with Crippen LogP contribution in [0.3, 0.4) is 0 Å². The maximum absolute atomic E-state index is 13.1. The molecule has 0 heterocycles. The van der Waals surface area contributed by atoms with Crippen molar-refractivity contribution in [3.8, 4) is 0 Å². The van der Waals surface area contributed by atoms with Crippen molar-refractivity contribution in [2.45, 2.75) is 483 Å². The lowest BCUT2D eigenvalue weighted by molar-refractivity contribution is -0.161. The van der Waals surface area contributed by atoms with Crippen molar-refractivity contribution >= 4 is 39.5 Å². The average Bonchev–Trinajstić information content (AvgIpc) is 0.913. The Balaban J connectivity index is 5.20. The summed E-state index contributed by atoms with van der Waals surface area (Å²) in [6, 6.07) is 0. The SMILES string of the molecule is CCCCCCCCCCCCCCCCCCCCCCCC(=O)O[C@H](COC(=O)CCCCCCCCCCCCCCCCCCCCCC)COP(=O)(O)OC[C@@H](O)COP(=O)(O)OC[C@@H](COC(=O)CCCCCCCCC(C)C)OC(=O)CCCCCCCCCCCCCCCCC. The van der Waals surface area contributed by atoms with E-state index in [9.17, 15) is 43.2 Å². The number of phosphoric acid groups is 2. The minimum Gasteiger partial charge on any atom is -0.462 e. The van der Waals surface area contributed by atoms with Crippen LogP contribution in [-0.4, -0.2) is 96.7 Å². The average molecular weight is 1540 g/mol. The summed E-state index contributed by atoms with van der Waals surface area (Å²) in [6.45, 7) is 7.28. The first-order chi connectivity index (χ1) is 51.0. The Bertz CT molecular complexity index is 2000. The molecule has 105 heavy (non-hydrogen) atoms. The van der Waals surface area contributed by atoms with E-state index in [-0.39, 0.29) is 25.7 Å². The van der Waals surface area contributed by atoms with Crippen LogP contribution in [0.15, 0.2) is 0 Å². The Kier molecular flexibility index (Phi) is 77.3. The number of aliphatic hydroxyl groups excluding tert-OH is 1. The van der Waals surface area contributed by atoms with E-state index in [1.165, 1.54) is 283 Å². The second kappa shape index (κ2) is 78.7. The lowest BCUT2D eigenvalue weighted by Gasteiger charge is -2.21. The molecule has 0 saturated carbocycles. The van der Waals surface area contributed by atoms with Crippen LogP contribution in [0, 0.1) is 5.92 Å². The Hall–Kier alpha value is -1.94. The molecule has 2 unspecified atom stereocenters. The molecule has 3 N–H and O–H groups in total. The van der Waals surface area contributed by atoms with E-state index in [2.05, 4.69) is 34.6 Å². The van der Waals surface area contributed by atoms with Gasteiger partial charge in [-0.3, -0.25) is 37.3 Å². The Labute approximate surface area is 645 Å². The van der Waals surface area contributed by atoms with Crippen LogP contribution in [0.4, 0.5) is 0 Å². The first-order valence-corrected chi connectivity index (χ1v) is 47.6. The Morgan fingerprint density at radius 2 is 0.438 bits per heavy atom. The number of carbonyl (C=O) groups is 4. The van der Waals surface area contributed by atoms with E-state index in [4.69, 9.17) is 37.0 Å². The molecule has 0 aromatic heterocycles. The Morgan fingerprint density at radius 1 is 0.257 bits per heavy atom. The lowest BCUT2D eigenvalue weighted by Crippen LogP contribution is -2.30. The van der Waals surface area contributed by atoms with Gasteiger partial charge in [-0.2, -0.15) is 0 Å². The summed E-state index contributed by atoms with van der Waals surface area (Å²) >= 11 is 0. The minimum atomic E-state index is -4.97. The number of rotatable bonds is 86. The highest BCUT2D eigenvalue weighted by Crippen LogP contribution is 2.45. The van der Waals surface area contributed by atoms with Crippen molar-refractivity contribution in [1.29, 1.82) is 0 Å². The summed E-state index contributed by atoms with van der Waals surface area (Å²) in [5.74, 6) is -1.42. The number of ether oxygens (including phenoxy) is 4. The summed E-state index contributed by atoms with van der Waals surface area (Å²) in [5.41, 5.74) is 0. The van der Waals surface area contributed by atoms with Crippen LogP contribution in [0.2, 0.25) is 0 Å². The number of hydrogen-bond acceptors (Lipinski definition) is 15. The quantitative estimate of drug-likeness (QED) is 0.0222. The van der Waals surface area contributed by atoms with Gasteiger partial charge in [0.05, 0.1) is 26.4 Å². The van der Waals surface area contributed by atoms with E-state index >= 15 is 0 Å². The molecule has 0 aliphatic rings. The van der Waals surface area contributed by atoms with Gasteiger partial charge in [-0.25, -0.2) is 9.13 Å². The molecule has 0 radical (unpaired) electrons. The van der Waals surface area contributed by atoms with Crippen LogP contribution in [0.1, 0.15) is 465 Å². The first-order valence-electron chi connectivity index (χ1n) is 44.6. The van der Waals surface area contributed by atoms with Gasteiger partial charge in [-0.1, -0.05) is 413 Å². The van der Waals surface area contributed by atoms with E-state index in [1.54, 1.807) is 0 Å². The summed E-state index contributed by atoms with van der Waals surface area (Å²) in [4.78, 5) is 73.1. The molecule has 0 fully saturated rings. The lowest BCUT2D eigenvalue weighted by atomic mass is 10.0. The molecule has 0 saturated heterocycles. The molecule has 0 aromatic carbocycles. The normalized spacial score (nSPS) is 13.8. The van der Waals surface area contributed by atoms with Crippen molar-refractivity contribution in [1.82, 2.24) is 0 Å². The van der Waals surface area contributed by atoms with Gasteiger partial charge in [0.2, 0.25) is 0 Å². The number of aliphatic hydroxyl groups is 1. The molecule has 0 bridgehead atoms. The fourth-order valence-corrected chi connectivity index (χ4v) is 15.1. The molecule has 0 aliphatic carbocycles. The maximum atomic E-state index is 13.1. The summed E-state index contributed by atoms with van der Waals surface area (Å²) in [5, 5.41) is 10.7. The number of unbranched alkanes of at least 4 members (excludes halogenated alkanes) is 58. The van der Waals surface area contributed by atoms with Gasteiger partial charge in [-0.05, 0) is 31.6 Å². The molecule has 624 valence electrons. The van der Waals surface area contributed by atoms with Crippen molar-refractivity contribution in [3.63, 3.8) is 0 Å². The zero-order valence-electron chi connectivity index (χ0n) is 68.9. The monoisotopic (exact) mass is 1540 g/mol. The number of hydrogen-bond donors (Lipinski definition) is 3. The largest absolute Gasteiger partial charge is 0.472 e. The molecule has 0 aliphatic heterocycles. The molecular formula is C86H168O17P2. The molecule has 17 nitrogen and oxygen atoms in total. The molecule has 0 spiro atoms. The molecule has 5 atom stereocenters. The predicted octanol–water partition coefficient (Wildman–Crippen LogP) is 26.4. The van der Waals surface area contributed by atoms with E-state index in [0.717, 1.165) is 96.3 Å². The maximum Gasteiger partial charge on any atom is 0.472 e. The van der Waals surface area contributed by atoms with Gasteiger partial charge < -0.3 is 33.8 Å². The smallest absolute Gasteiger partial charge is 0.462 e. The van der Waals surface area contributed by atoms with E-state index in [1.807, 2.05) is 0 Å². The van der Waals surface area contributed by atoms with E-state index in [0.29, 0.717) is 31.6 Å². The topological polar surface area (TPSA) is 237 Å². The highest BCUT2D eigenvalue weighted by molar-refractivity contribution is 7.47. The van der Waals surface area contributed by atoms with Crippen LogP contribution in [0.25, 0.3) is 0 Å². The second-order valence-electron chi connectivity index (χ2n) is 31.4. The summed E-state index contributed by atoms with van der Waals surface area (Å²) < 4.78 is 68.8. The third-order valence-electron chi connectivity index (χ3n) is 20.3. The van der Waals surface area contributed by atoms with Gasteiger partial charge in [0.25, 0.3) is 0 Å². The van der Waals surface area contributed by atoms with Gasteiger partial charge in [0.1, 0.15) is 19.3 Å². The van der Waals surface area contributed by atoms with Crippen LogP contribution >= 0.6 is 15.6 Å². The molecule has 0 aromatic rings. The minimum absolute atomic E-state index is 0.108. The second-order valence-corrected chi connectivity index (χ2v) is 34.3. The van der Waals surface area contributed by atoms with Crippen molar-refractivity contribution in [3.05, 3.63) is 0 Å². The van der Waals surface area contributed by atoms with Crippen molar-refractivity contribution < 1.29 is 80.2 Å². The first kappa shape index (κ1) is 103. The van der Waals surface area contributed by atoms with Crippen LogP contribution in [-0.2, 0) is 65.4 Å². The molecule has 0 amide bonds. The van der Waals surface area contributed by atoms with Gasteiger partial charge in [0, 0.05) is 25.7 Å². The van der Waals surface area contributed by atoms with E-state index < -0.39 is 97.5 Å². The van der Waals surface area contributed by atoms with Crippen molar-refractivity contribution in [2.24, 2.45) is 5.92 Å². The Morgan fingerprint density at radius 3 is 0.648 bits per heavy atom. The zero-order chi connectivity index (χ0) is 76.9. The highest BCUT2D eigenvalue weighted by atomic mass is 31.2. The molecular weight excluding hydrogens is 1370 g/mol. The molecule has 19 heteroatoms. The third kappa shape index (κ3) is 79.9. The number of phosphoric ester groups is 2. The van der Waals surface area contributed by atoms with Crippen LogP contribution in [0.5, 0.6) is 0 Å². The fourth-order valence-electron chi connectivity index (χ4n) is 13.5. The number of carbonyl (C=O) groups excluding carboxylic acids is 4. The molecule has 0 rings (SSSR count). The predicted molar refractivity (Wildman–Crippen MR) is 432 cm³/mol. The van der Waals surface area contributed by atoms with Gasteiger partial charge in [-0.15, -0.1) is 0 Å². The number of esters is 4. The van der Waals surface area contributed by atoms with Crippen LogP contribution < -0.4 is 0 Å². The van der Waals surface area contributed by atoms with Gasteiger partial charge in [0.15, 0.2) is 12.2 Å². The third-order valence-corrected chi connectivity index (χ3v) is 22.2. The van der Waals surface area contributed by atoms with Crippen molar-refractivity contribution in [2.75, 3.05) is 39.6 Å². The highest BCUT2D eigenvalue weighted by Gasteiger charge is 2.30. The summed E-state index contributed by atoms with van der Waals surface area (Å²) in [7, 11) is -9.92. The standard InChI is InChI=1S/C86H168O17P2/c1-6-9-12-15-18-21-24-27-30-32-34-36-38-40-43-46-49-52-55-62-67-71-85(90)102-81(75-96-83(88)69-64-59-53-50-47-44-42-39-37-35-33-31-28-25-22-19-16-13-10-7-2)77-100-104(92,93)98-73-80(87)74-99-105(94,95)101-78-82(76-97-84(89)70-65-60-57-56-58-63-68-79(4)5)103-86(91)72-66-61-54-51-48-45-41-29-26-23-20-17-14-11-8-3/h79-82,87H,6-78H2,1-5H3,(H,92,93)(H,94,95)/t80-,81-,82-/m1/s1. The fraction of sp³-hybridized carbons (Fsp3) is 0.953.